The van der Waals surface area contributed by atoms with Crippen LogP contribution in [0.15, 0.2) is 65.4 Å². The maximum atomic E-state index is 12.9. The molecule has 4 rings (SSSR count). The molecule has 0 saturated heterocycles. The summed E-state index contributed by atoms with van der Waals surface area (Å²) in [6.45, 7) is 0. The van der Waals surface area contributed by atoms with Crippen molar-refractivity contribution in [2.45, 2.75) is 0 Å². The van der Waals surface area contributed by atoms with E-state index in [4.69, 9.17) is 0 Å². The Kier molecular flexibility index (Phi) is 5.24. The molecule has 3 nitrogen and oxygen atoms in total. The topological polar surface area (TPSA) is 42.0 Å². The molecule has 0 aliphatic rings. The van der Waals surface area contributed by atoms with Gasteiger partial charge >= 0.3 is 0 Å². The Balaban J connectivity index is 1.56. The van der Waals surface area contributed by atoms with E-state index in [9.17, 15) is 9.18 Å². The Morgan fingerprint density at radius 1 is 1.00 bits per heavy atom. The first-order chi connectivity index (χ1) is 13.2. The first-order valence-corrected chi connectivity index (χ1v) is 10.6. The molecule has 3 heterocycles. The van der Waals surface area contributed by atoms with Gasteiger partial charge < -0.3 is 0 Å². The number of rotatable bonds is 5. The summed E-state index contributed by atoms with van der Waals surface area (Å²) in [7, 11) is 0. The van der Waals surface area contributed by atoms with Crippen LogP contribution in [-0.2, 0) is 4.79 Å². The van der Waals surface area contributed by atoms with Crippen LogP contribution >= 0.6 is 34.0 Å². The molecule has 4 aromatic rings. The van der Waals surface area contributed by atoms with Crippen LogP contribution in [0.2, 0.25) is 0 Å². The van der Waals surface area contributed by atoms with Crippen molar-refractivity contribution < 1.29 is 9.18 Å². The highest BCUT2D eigenvalue weighted by Crippen LogP contribution is 2.42. The fourth-order valence-electron chi connectivity index (χ4n) is 2.42. The van der Waals surface area contributed by atoms with Crippen molar-refractivity contribution in [1.82, 2.24) is 4.98 Å². The highest BCUT2D eigenvalue weighted by molar-refractivity contribution is 7.24. The summed E-state index contributed by atoms with van der Waals surface area (Å²) in [5.41, 5.74) is 1.64. The average Bonchev–Trinajstić information content (AvgIpc) is 3.41. The van der Waals surface area contributed by atoms with Crippen molar-refractivity contribution >= 4 is 51.1 Å². The van der Waals surface area contributed by atoms with Gasteiger partial charge in [-0.25, -0.2) is 9.37 Å². The second-order valence-electron chi connectivity index (χ2n) is 5.53. The molecule has 0 saturated carbocycles. The lowest BCUT2D eigenvalue weighted by Crippen LogP contribution is -2.07. The number of aromatic nitrogens is 1. The Morgan fingerprint density at radius 2 is 1.70 bits per heavy atom. The molecule has 0 atom stereocenters. The summed E-state index contributed by atoms with van der Waals surface area (Å²) in [6, 6.07) is 14.0. The third kappa shape index (κ3) is 4.21. The minimum Gasteiger partial charge on any atom is -0.298 e. The molecule has 1 aromatic carbocycles. The molecule has 0 bridgehead atoms. The molecule has 0 unspecified atom stereocenters. The third-order valence-corrected chi connectivity index (χ3v) is 6.55. The number of thiazole rings is 1. The summed E-state index contributed by atoms with van der Waals surface area (Å²) in [6.07, 6.45) is 3.06. The number of hydrogen-bond donors (Lipinski definition) is 1. The first-order valence-electron chi connectivity index (χ1n) is 8.02. The van der Waals surface area contributed by atoms with Crippen molar-refractivity contribution in [2.75, 3.05) is 5.32 Å². The maximum Gasteiger partial charge on any atom is 0.250 e. The van der Waals surface area contributed by atoms with Gasteiger partial charge in [0.15, 0.2) is 5.13 Å². The molecule has 1 amide bonds. The summed E-state index contributed by atoms with van der Waals surface area (Å²) in [4.78, 5) is 20.1. The Bertz CT molecular complexity index is 1010. The molecule has 0 aliphatic heterocycles. The van der Waals surface area contributed by atoms with Crippen LogP contribution in [-0.4, -0.2) is 10.9 Å². The number of nitrogens with one attached hydrogen (secondary N) is 1. The number of thiophene rings is 2. The maximum absolute atomic E-state index is 12.9. The van der Waals surface area contributed by atoms with Gasteiger partial charge in [-0.1, -0.05) is 35.6 Å². The van der Waals surface area contributed by atoms with Crippen molar-refractivity contribution in [1.29, 1.82) is 0 Å². The number of benzene rings is 1. The summed E-state index contributed by atoms with van der Waals surface area (Å²) in [5, 5.41) is 7.41. The van der Waals surface area contributed by atoms with Crippen molar-refractivity contribution in [3.63, 3.8) is 0 Å². The van der Waals surface area contributed by atoms with E-state index in [0.29, 0.717) is 5.13 Å². The molecule has 7 heteroatoms. The fraction of sp³-hybridized carbons (Fsp3) is 0. The molecule has 1 N–H and O–H groups in total. The SMILES string of the molecule is O=C(/C=C/c1ccc(F)cc1)Nc1nc(-c2cccs2)c(-c2cccs2)s1. The lowest BCUT2D eigenvalue weighted by molar-refractivity contribution is -0.111. The average molecular weight is 413 g/mol. The van der Waals surface area contributed by atoms with Gasteiger partial charge in [-0.2, -0.15) is 0 Å². The van der Waals surface area contributed by atoms with E-state index in [0.717, 1.165) is 25.9 Å². The van der Waals surface area contributed by atoms with Gasteiger partial charge in [0.05, 0.1) is 9.75 Å². The normalized spacial score (nSPS) is 11.1. The van der Waals surface area contributed by atoms with E-state index in [-0.39, 0.29) is 11.7 Å². The highest BCUT2D eigenvalue weighted by atomic mass is 32.1. The Labute approximate surface area is 167 Å². The number of amides is 1. The fourth-order valence-corrected chi connectivity index (χ4v) is 5.04. The van der Waals surface area contributed by atoms with Crippen LogP contribution in [0.4, 0.5) is 9.52 Å². The van der Waals surface area contributed by atoms with Crippen LogP contribution in [0.25, 0.3) is 26.4 Å². The predicted molar refractivity (Wildman–Crippen MR) is 113 cm³/mol. The predicted octanol–water partition coefficient (Wildman–Crippen LogP) is 6.39. The lowest BCUT2D eigenvalue weighted by Gasteiger charge is -1.96. The van der Waals surface area contributed by atoms with Gasteiger partial charge in [-0.05, 0) is 46.7 Å². The zero-order valence-corrected chi connectivity index (χ0v) is 16.3. The number of nitrogens with zero attached hydrogens (tertiary/aromatic N) is 1. The van der Waals surface area contributed by atoms with E-state index in [1.54, 1.807) is 40.9 Å². The van der Waals surface area contributed by atoms with Crippen molar-refractivity contribution in [3.05, 3.63) is 76.7 Å². The van der Waals surface area contributed by atoms with E-state index in [2.05, 4.69) is 16.4 Å². The van der Waals surface area contributed by atoms with Crippen LogP contribution in [0, 0.1) is 5.82 Å². The minimum atomic E-state index is -0.304. The quantitative estimate of drug-likeness (QED) is 0.386. The lowest BCUT2D eigenvalue weighted by atomic mass is 10.2. The number of carbonyl (C=O) groups excluding carboxylic acids is 1. The van der Waals surface area contributed by atoms with Gasteiger partial charge in [0.25, 0.3) is 0 Å². The van der Waals surface area contributed by atoms with E-state index in [1.165, 1.54) is 29.5 Å². The smallest absolute Gasteiger partial charge is 0.250 e. The number of hydrogen-bond acceptors (Lipinski definition) is 5. The van der Waals surface area contributed by atoms with Gasteiger partial charge in [0, 0.05) is 11.0 Å². The van der Waals surface area contributed by atoms with Gasteiger partial charge in [0.1, 0.15) is 11.5 Å². The summed E-state index contributed by atoms with van der Waals surface area (Å²) in [5.74, 6) is -0.579. The molecule has 0 radical (unpaired) electrons. The van der Waals surface area contributed by atoms with Crippen LogP contribution in [0.3, 0.4) is 0 Å². The summed E-state index contributed by atoms with van der Waals surface area (Å²) >= 11 is 4.72. The largest absolute Gasteiger partial charge is 0.298 e. The zero-order chi connectivity index (χ0) is 18.6. The van der Waals surface area contributed by atoms with Crippen molar-refractivity contribution in [2.24, 2.45) is 0 Å². The number of anilines is 1. The van der Waals surface area contributed by atoms with Crippen LogP contribution in [0.1, 0.15) is 5.56 Å². The Morgan fingerprint density at radius 3 is 2.37 bits per heavy atom. The number of halogens is 1. The van der Waals surface area contributed by atoms with E-state index >= 15 is 0 Å². The van der Waals surface area contributed by atoms with E-state index in [1.807, 2.05) is 29.0 Å². The van der Waals surface area contributed by atoms with Gasteiger partial charge in [-0.15, -0.1) is 22.7 Å². The standard InChI is InChI=1S/C20H13FN2OS3/c21-14-8-5-13(6-9-14)7-10-17(24)22-20-23-18(15-3-1-11-25-15)19(27-20)16-4-2-12-26-16/h1-12H,(H,22,23,24)/b10-7+. The minimum absolute atomic E-state index is 0.275. The van der Waals surface area contributed by atoms with Crippen LogP contribution < -0.4 is 5.32 Å². The number of carbonyl (C=O) groups is 1. The molecule has 0 fully saturated rings. The molecular weight excluding hydrogens is 399 g/mol. The molecule has 27 heavy (non-hydrogen) atoms. The molecule has 134 valence electrons. The van der Waals surface area contributed by atoms with Crippen LogP contribution in [0.5, 0.6) is 0 Å². The Hall–Kier alpha value is -2.61. The monoisotopic (exact) mass is 412 g/mol. The molecular formula is C20H13FN2OS3. The van der Waals surface area contributed by atoms with E-state index < -0.39 is 0 Å². The molecule has 0 aliphatic carbocycles. The van der Waals surface area contributed by atoms with Gasteiger partial charge in [0.2, 0.25) is 5.91 Å². The molecule has 3 aromatic heterocycles. The zero-order valence-electron chi connectivity index (χ0n) is 13.9. The highest BCUT2D eigenvalue weighted by Gasteiger charge is 2.17. The summed E-state index contributed by atoms with van der Waals surface area (Å²) < 4.78 is 12.9. The second-order valence-corrected chi connectivity index (χ2v) is 8.42. The van der Waals surface area contributed by atoms with Crippen molar-refractivity contribution in [3.8, 4) is 20.3 Å². The molecule has 0 spiro atoms. The third-order valence-electron chi connectivity index (χ3n) is 3.65. The van der Waals surface area contributed by atoms with Gasteiger partial charge in [-0.3, -0.25) is 10.1 Å². The second kappa shape index (κ2) is 7.96. The first kappa shape index (κ1) is 17.8.